The predicted molar refractivity (Wildman–Crippen MR) is 128 cm³/mol. The van der Waals surface area contributed by atoms with Crippen molar-refractivity contribution in [3.05, 3.63) is 87.4 Å². The van der Waals surface area contributed by atoms with Gasteiger partial charge in [0.2, 0.25) is 0 Å². The third-order valence-electron chi connectivity index (χ3n) is 4.18. The van der Waals surface area contributed by atoms with Gasteiger partial charge in [0.15, 0.2) is 0 Å². The highest BCUT2D eigenvalue weighted by molar-refractivity contribution is 9.10. The van der Waals surface area contributed by atoms with Crippen molar-refractivity contribution in [2.24, 2.45) is 5.10 Å². The normalized spacial score (nSPS) is 10.5. The van der Waals surface area contributed by atoms with Crippen LogP contribution in [0.5, 0.6) is 11.5 Å². The van der Waals surface area contributed by atoms with Crippen molar-refractivity contribution in [1.82, 2.24) is 5.43 Å². The number of carbonyl (C=O) groups excluding carboxylic acids is 3. The Hall–Kier alpha value is -3.69. The van der Waals surface area contributed by atoms with E-state index in [1.54, 1.807) is 60.7 Å². The smallest absolute Gasteiger partial charge is 0.344 e. The molecule has 0 saturated heterocycles. The highest BCUT2D eigenvalue weighted by Gasteiger charge is 2.16. The summed E-state index contributed by atoms with van der Waals surface area (Å²) in [5.74, 6) is -1.73. The summed E-state index contributed by atoms with van der Waals surface area (Å²) < 4.78 is 11.1. The number of carbonyl (C=O) groups is 3. The second-order valence-electron chi connectivity index (χ2n) is 6.44. The monoisotopic (exact) mass is 529 g/mol. The molecule has 0 unspecified atom stereocenters. The third-order valence-corrected chi connectivity index (χ3v) is 5.11. The first-order chi connectivity index (χ1) is 15.9. The maximum Gasteiger partial charge on any atom is 0.344 e. The second kappa shape index (κ2) is 11.3. The van der Waals surface area contributed by atoms with Crippen molar-refractivity contribution in [3.8, 4) is 11.5 Å². The van der Waals surface area contributed by atoms with Gasteiger partial charge in [-0.25, -0.2) is 10.2 Å². The lowest BCUT2D eigenvalue weighted by Crippen LogP contribution is -2.32. The average molecular weight is 531 g/mol. The summed E-state index contributed by atoms with van der Waals surface area (Å²) >= 11 is 9.21. The summed E-state index contributed by atoms with van der Waals surface area (Å²) in [5.41, 5.74) is 3.39. The average Bonchev–Trinajstić information content (AvgIpc) is 2.80. The van der Waals surface area contributed by atoms with E-state index in [1.165, 1.54) is 19.4 Å². The fraction of sp³-hybridized carbons (Fsp3) is 0.0435. The molecule has 3 rings (SSSR count). The zero-order chi connectivity index (χ0) is 23.8. The molecule has 0 aromatic heterocycles. The van der Waals surface area contributed by atoms with Gasteiger partial charge >= 0.3 is 17.8 Å². The molecule has 0 fully saturated rings. The van der Waals surface area contributed by atoms with Crippen LogP contribution in [0.3, 0.4) is 0 Å². The van der Waals surface area contributed by atoms with E-state index in [-0.39, 0.29) is 5.69 Å². The van der Waals surface area contributed by atoms with Crippen LogP contribution in [0.15, 0.2) is 76.3 Å². The van der Waals surface area contributed by atoms with E-state index in [9.17, 15) is 14.4 Å². The molecule has 2 N–H and O–H groups in total. The molecular formula is C23H17BrClN3O5. The third kappa shape index (κ3) is 6.64. The van der Waals surface area contributed by atoms with Crippen LogP contribution in [0.2, 0.25) is 5.02 Å². The van der Waals surface area contributed by atoms with Crippen molar-refractivity contribution >= 4 is 57.2 Å². The predicted octanol–water partition coefficient (Wildman–Crippen LogP) is 4.42. The lowest BCUT2D eigenvalue weighted by atomic mass is 10.2. The van der Waals surface area contributed by atoms with Crippen LogP contribution in [0.1, 0.15) is 15.9 Å². The van der Waals surface area contributed by atoms with Crippen molar-refractivity contribution in [1.29, 1.82) is 0 Å². The molecule has 0 bridgehead atoms. The van der Waals surface area contributed by atoms with E-state index < -0.39 is 17.8 Å². The number of benzene rings is 3. The summed E-state index contributed by atoms with van der Waals surface area (Å²) in [6.07, 6.45) is 1.34. The Labute approximate surface area is 202 Å². The van der Waals surface area contributed by atoms with Crippen molar-refractivity contribution in [2.75, 3.05) is 12.4 Å². The van der Waals surface area contributed by atoms with Crippen LogP contribution < -0.4 is 20.2 Å². The number of hydrogen-bond acceptors (Lipinski definition) is 6. The van der Waals surface area contributed by atoms with E-state index in [0.29, 0.717) is 32.1 Å². The zero-order valence-corrected chi connectivity index (χ0v) is 19.5. The minimum absolute atomic E-state index is 0.252. The van der Waals surface area contributed by atoms with E-state index in [0.717, 1.165) is 0 Å². The molecule has 2 amide bonds. The number of hydrogen-bond donors (Lipinski definition) is 2. The number of rotatable bonds is 6. The summed E-state index contributed by atoms with van der Waals surface area (Å²) in [4.78, 5) is 36.3. The molecule has 0 aliphatic carbocycles. The number of ether oxygens (including phenoxy) is 2. The van der Waals surface area contributed by atoms with Gasteiger partial charge in [-0.05, 0) is 76.1 Å². The molecule has 33 heavy (non-hydrogen) atoms. The van der Waals surface area contributed by atoms with Crippen LogP contribution in [0, 0.1) is 0 Å². The Morgan fingerprint density at radius 1 is 1.00 bits per heavy atom. The molecule has 0 aliphatic heterocycles. The van der Waals surface area contributed by atoms with Crippen molar-refractivity contribution in [3.63, 3.8) is 0 Å². The number of hydrazone groups is 1. The van der Waals surface area contributed by atoms with E-state index in [1.807, 2.05) is 0 Å². The summed E-state index contributed by atoms with van der Waals surface area (Å²) in [5, 5.41) is 6.54. The van der Waals surface area contributed by atoms with Gasteiger partial charge < -0.3 is 14.8 Å². The van der Waals surface area contributed by atoms with Crippen LogP contribution in [0.25, 0.3) is 0 Å². The first-order valence-electron chi connectivity index (χ1n) is 9.42. The Morgan fingerprint density at radius 3 is 2.42 bits per heavy atom. The number of amides is 2. The molecule has 3 aromatic carbocycles. The molecule has 0 spiro atoms. The molecule has 8 nitrogen and oxygen atoms in total. The summed E-state index contributed by atoms with van der Waals surface area (Å²) in [6, 6.07) is 18.0. The van der Waals surface area contributed by atoms with Crippen molar-refractivity contribution in [2.45, 2.75) is 0 Å². The molecule has 168 valence electrons. The van der Waals surface area contributed by atoms with Crippen LogP contribution in [0.4, 0.5) is 5.69 Å². The first kappa shape index (κ1) is 24.0. The van der Waals surface area contributed by atoms with Gasteiger partial charge in [-0.1, -0.05) is 23.7 Å². The quantitative estimate of drug-likeness (QED) is 0.161. The van der Waals surface area contributed by atoms with Gasteiger partial charge in [0.05, 0.1) is 24.6 Å². The number of halogens is 2. The van der Waals surface area contributed by atoms with Gasteiger partial charge in [0, 0.05) is 9.50 Å². The van der Waals surface area contributed by atoms with Gasteiger partial charge in [0.1, 0.15) is 11.5 Å². The maximum absolute atomic E-state index is 12.2. The molecule has 3 aromatic rings. The highest BCUT2D eigenvalue weighted by Crippen LogP contribution is 2.27. The minimum atomic E-state index is -0.979. The summed E-state index contributed by atoms with van der Waals surface area (Å²) in [6.45, 7) is 0. The number of anilines is 1. The Balaban J connectivity index is 1.54. The van der Waals surface area contributed by atoms with Gasteiger partial charge in [0.25, 0.3) is 0 Å². The van der Waals surface area contributed by atoms with Gasteiger partial charge in [-0.15, -0.1) is 0 Å². The van der Waals surface area contributed by atoms with E-state index in [2.05, 4.69) is 31.8 Å². The Bertz CT molecular complexity index is 1210. The fourth-order valence-electron chi connectivity index (χ4n) is 2.58. The SMILES string of the molecule is COc1ccc(Cl)cc1NC(=O)C(=O)N/N=C/c1ccc(OC(=O)c2ccccc2Br)cc1. The number of nitrogens with zero attached hydrogens (tertiary/aromatic N) is 1. The standard InChI is InChI=1S/C23H17BrClN3O5/c1-32-20-11-8-15(25)12-19(20)27-21(29)22(30)28-26-13-14-6-9-16(10-7-14)33-23(31)17-4-2-3-5-18(17)24/h2-13H,1H3,(H,27,29)(H,28,30)/b26-13+. The van der Waals surface area contributed by atoms with Gasteiger partial charge in [-0.2, -0.15) is 5.10 Å². The van der Waals surface area contributed by atoms with E-state index >= 15 is 0 Å². The minimum Gasteiger partial charge on any atom is -0.495 e. The van der Waals surface area contributed by atoms with Crippen LogP contribution in [-0.2, 0) is 9.59 Å². The summed E-state index contributed by atoms with van der Waals surface area (Å²) in [7, 11) is 1.43. The maximum atomic E-state index is 12.2. The fourth-order valence-corrected chi connectivity index (χ4v) is 3.20. The molecule has 0 atom stereocenters. The molecule has 0 aliphatic rings. The number of methoxy groups -OCH3 is 1. The van der Waals surface area contributed by atoms with Crippen LogP contribution in [-0.4, -0.2) is 31.1 Å². The molecular weight excluding hydrogens is 514 g/mol. The topological polar surface area (TPSA) is 106 Å². The molecule has 0 radical (unpaired) electrons. The zero-order valence-electron chi connectivity index (χ0n) is 17.2. The number of nitrogens with one attached hydrogen (secondary N) is 2. The molecule has 0 heterocycles. The lowest BCUT2D eigenvalue weighted by Gasteiger charge is -2.09. The first-order valence-corrected chi connectivity index (χ1v) is 10.6. The van der Waals surface area contributed by atoms with Gasteiger partial charge in [-0.3, -0.25) is 9.59 Å². The molecule has 10 heteroatoms. The molecule has 0 saturated carbocycles. The second-order valence-corrected chi connectivity index (χ2v) is 7.73. The number of esters is 1. The Morgan fingerprint density at radius 2 is 1.73 bits per heavy atom. The van der Waals surface area contributed by atoms with E-state index in [4.69, 9.17) is 21.1 Å². The van der Waals surface area contributed by atoms with Crippen molar-refractivity contribution < 1.29 is 23.9 Å². The Kier molecular flexibility index (Phi) is 8.17. The largest absolute Gasteiger partial charge is 0.495 e. The lowest BCUT2D eigenvalue weighted by molar-refractivity contribution is -0.136. The van der Waals surface area contributed by atoms with Crippen LogP contribution >= 0.6 is 27.5 Å². The highest BCUT2D eigenvalue weighted by atomic mass is 79.9.